The molecule has 0 aliphatic rings. The van der Waals surface area contributed by atoms with Gasteiger partial charge in [0, 0.05) is 10.1 Å². The van der Waals surface area contributed by atoms with Gasteiger partial charge in [0.2, 0.25) is 5.91 Å². The van der Waals surface area contributed by atoms with Gasteiger partial charge >= 0.3 is 5.97 Å². The molecule has 0 radical (unpaired) electrons. The second kappa shape index (κ2) is 7.15. The number of benzene rings is 2. The average molecular weight is 404 g/mol. The van der Waals surface area contributed by atoms with Gasteiger partial charge in [0.05, 0.1) is 12.8 Å². The number of anilines is 1. The molecule has 1 unspecified atom stereocenters. The van der Waals surface area contributed by atoms with E-state index in [1.54, 1.807) is 0 Å². The topological polar surface area (TPSA) is 55.4 Å². The quantitative estimate of drug-likeness (QED) is 0.504. The molecule has 1 atom stereocenters. The maximum Gasteiger partial charge on any atom is 0.350 e. The molecule has 0 spiro atoms. The van der Waals surface area contributed by atoms with E-state index in [1.165, 1.54) is 18.4 Å². The fourth-order valence-electron chi connectivity index (χ4n) is 2.37. The molecular weight excluding hydrogens is 390 g/mol. The number of hydrogen-bond acceptors (Lipinski definition) is 4. The smallest absolute Gasteiger partial charge is 0.350 e. The largest absolute Gasteiger partial charge is 0.465 e. The Balaban J connectivity index is 1.97. The van der Waals surface area contributed by atoms with Crippen LogP contribution in [0.1, 0.15) is 20.1 Å². The Kier molecular flexibility index (Phi) is 4.97. The molecule has 1 aromatic heterocycles. The molecule has 6 heteroatoms. The molecule has 122 valence electrons. The van der Waals surface area contributed by atoms with Crippen molar-refractivity contribution < 1.29 is 14.3 Å². The van der Waals surface area contributed by atoms with E-state index in [4.69, 9.17) is 4.74 Å². The van der Waals surface area contributed by atoms with Crippen molar-refractivity contribution in [3.63, 3.8) is 0 Å². The summed E-state index contributed by atoms with van der Waals surface area (Å²) in [6, 6.07) is 16.9. The number of alkyl halides is 1. The van der Waals surface area contributed by atoms with Gasteiger partial charge in [-0.15, -0.1) is 11.3 Å². The van der Waals surface area contributed by atoms with Gasteiger partial charge in [-0.25, -0.2) is 4.79 Å². The lowest BCUT2D eigenvalue weighted by Crippen LogP contribution is -2.18. The van der Waals surface area contributed by atoms with Crippen LogP contribution in [0.4, 0.5) is 5.69 Å². The van der Waals surface area contributed by atoms with Crippen LogP contribution in [-0.2, 0) is 9.53 Å². The average Bonchev–Trinajstić information content (AvgIpc) is 2.99. The first-order valence-corrected chi connectivity index (χ1v) is 8.94. The van der Waals surface area contributed by atoms with Gasteiger partial charge in [0.1, 0.15) is 9.70 Å². The highest BCUT2D eigenvalue weighted by atomic mass is 79.9. The standard InChI is InChI=1S/C18H14BrNO3S/c1-23-18(22)16-15(12-9-5-6-10-13(12)24-16)20-17(21)14(19)11-7-3-2-4-8-11/h2-10,14H,1H3,(H,20,21). The number of hydrogen-bond donors (Lipinski definition) is 1. The molecule has 0 saturated carbocycles. The predicted octanol–water partition coefficient (Wildman–Crippen LogP) is 4.76. The molecule has 1 heterocycles. The van der Waals surface area contributed by atoms with Crippen molar-refractivity contribution in [3.8, 4) is 0 Å². The Hall–Kier alpha value is -2.18. The van der Waals surface area contributed by atoms with E-state index in [1.807, 2.05) is 54.6 Å². The summed E-state index contributed by atoms with van der Waals surface area (Å²) in [5, 5.41) is 3.69. The van der Waals surface area contributed by atoms with Gasteiger partial charge in [-0.2, -0.15) is 0 Å². The lowest BCUT2D eigenvalue weighted by atomic mass is 10.1. The zero-order chi connectivity index (χ0) is 17.1. The molecule has 1 amide bonds. The molecule has 3 aromatic rings. The minimum Gasteiger partial charge on any atom is -0.465 e. The number of thiophene rings is 1. The number of halogens is 1. The second-order valence-corrected chi connectivity index (χ2v) is 7.02. The zero-order valence-corrected chi connectivity index (χ0v) is 15.2. The first kappa shape index (κ1) is 16.7. The Morgan fingerprint density at radius 3 is 2.46 bits per heavy atom. The summed E-state index contributed by atoms with van der Waals surface area (Å²) in [7, 11) is 1.33. The van der Waals surface area contributed by atoms with Crippen molar-refractivity contribution in [3.05, 3.63) is 65.0 Å². The minimum absolute atomic E-state index is 0.241. The van der Waals surface area contributed by atoms with E-state index in [-0.39, 0.29) is 5.91 Å². The monoisotopic (exact) mass is 403 g/mol. The van der Waals surface area contributed by atoms with Crippen LogP contribution in [0.5, 0.6) is 0 Å². The van der Waals surface area contributed by atoms with Crippen LogP contribution in [0, 0.1) is 0 Å². The summed E-state index contributed by atoms with van der Waals surface area (Å²) in [5.41, 5.74) is 1.34. The SMILES string of the molecule is COC(=O)c1sc2ccccc2c1NC(=O)C(Br)c1ccccc1. The van der Waals surface area contributed by atoms with Crippen molar-refractivity contribution in [2.45, 2.75) is 4.83 Å². The van der Waals surface area contributed by atoms with Crippen LogP contribution in [0.3, 0.4) is 0 Å². The van der Waals surface area contributed by atoms with Crippen LogP contribution >= 0.6 is 27.3 Å². The first-order chi connectivity index (χ1) is 11.6. The minimum atomic E-state index is -0.511. The van der Waals surface area contributed by atoms with E-state index in [0.29, 0.717) is 10.6 Å². The third kappa shape index (κ3) is 3.20. The molecular formula is C18H14BrNO3S. The van der Waals surface area contributed by atoms with Gasteiger partial charge in [0.25, 0.3) is 0 Å². The van der Waals surface area contributed by atoms with Crippen molar-refractivity contribution in [1.29, 1.82) is 0 Å². The summed E-state index contributed by atoms with van der Waals surface area (Å²) < 4.78 is 5.76. The number of amides is 1. The van der Waals surface area contributed by atoms with Gasteiger partial charge in [-0.1, -0.05) is 64.5 Å². The van der Waals surface area contributed by atoms with Crippen molar-refractivity contribution in [2.24, 2.45) is 0 Å². The number of carbonyl (C=O) groups is 2. The fraction of sp³-hybridized carbons (Fsp3) is 0.111. The van der Waals surface area contributed by atoms with Gasteiger partial charge < -0.3 is 10.1 Å². The number of ether oxygens (including phenoxy) is 1. The van der Waals surface area contributed by atoms with Crippen LogP contribution in [-0.4, -0.2) is 19.0 Å². The van der Waals surface area contributed by atoms with Crippen molar-refractivity contribution in [2.75, 3.05) is 12.4 Å². The molecule has 0 fully saturated rings. The number of methoxy groups -OCH3 is 1. The van der Waals surface area contributed by atoms with E-state index in [2.05, 4.69) is 21.2 Å². The summed E-state index contributed by atoms with van der Waals surface area (Å²) in [6.45, 7) is 0. The van der Waals surface area contributed by atoms with Crippen LogP contribution in [0.25, 0.3) is 10.1 Å². The Bertz CT molecular complexity index is 892. The van der Waals surface area contributed by atoms with E-state index < -0.39 is 10.8 Å². The number of fused-ring (bicyclic) bond motifs is 1. The highest BCUT2D eigenvalue weighted by Gasteiger charge is 2.24. The van der Waals surface area contributed by atoms with Gasteiger partial charge in [-0.05, 0) is 11.6 Å². The Morgan fingerprint density at radius 1 is 1.08 bits per heavy atom. The molecule has 0 saturated heterocycles. The van der Waals surface area contributed by atoms with Crippen molar-refractivity contribution >= 4 is 54.9 Å². The number of nitrogens with one attached hydrogen (secondary N) is 1. The Labute approximate surface area is 151 Å². The van der Waals surface area contributed by atoms with Crippen molar-refractivity contribution in [1.82, 2.24) is 0 Å². The molecule has 0 bridgehead atoms. The Morgan fingerprint density at radius 2 is 1.75 bits per heavy atom. The molecule has 4 nitrogen and oxygen atoms in total. The van der Waals surface area contributed by atoms with Gasteiger partial charge in [0.15, 0.2) is 0 Å². The number of carbonyl (C=O) groups excluding carboxylic acids is 2. The zero-order valence-electron chi connectivity index (χ0n) is 12.8. The molecule has 1 N–H and O–H groups in total. The maximum absolute atomic E-state index is 12.6. The maximum atomic E-state index is 12.6. The third-order valence-corrected chi connectivity index (χ3v) is 5.63. The summed E-state index contributed by atoms with van der Waals surface area (Å²) in [6.07, 6.45) is 0. The second-order valence-electron chi connectivity index (χ2n) is 5.06. The van der Waals surface area contributed by atoms with Crippen LogP contribution in [0.2, 0.25) is 0 Å². The fourth-order valence-corrected chi connectivity index (χ4v) is 3.86. The lowest BCUT2D eigenvalue weighted by Gasteiger charge is -2.12. The van der Waals surface area contributed by atoms with E-state index in [0.717, 1.165) is 15.6 Å². The van der Waals surface area contributed by atoms with E-state index >= 15 is 0 Å². The molecule has 0 aliphatic carbocycles. The molecule has 2 aromatic carbocycles. The van der Waals surface area contributed by atoms with Gasteiger partial charge in [-0.3, -0.25) is 4.79 Å². The normalized spacial score (nSPS) is 11.9. The summed E-state index contributed by atoms with van der Waals surface area (Å²) >= 11 is 4.72. The first-order valence-electron chi connectivity index (χ1n) is 7.21. The highest BCUT2D eigenvalue weighted by molar-refractivity contribution is 9.09. The molecule has 24 heavy (non-hydrogen) atoms. The third-order valence-electron chi connectivity index (χ3n) is 3.54. The number of esters is 1. The summed E-state index contributed by atoms with van der Waals surface area (Å²) in [5.74, 6) is -0.702. The molecule has 3 rings (SSSR count). The lowest BCUT2D eigenvalue weighted by molar-refractivity contribution is -0.115. The van der Waals surface area contributed by atoms with Crippen LogP contribution in [0.15, 0.2) is 54.6 Å². The van der Waals surface area contributed by atoms with Crippen LogP contribution < -0.4 is 5.32 Å². The molecule has 0 aliphatic heterocycles. The number of rotatable bonds is 4. The summed E-state index contributed by atoms with van der Waals surface area (Å²) in [4.78, 5) is 24.5. The highest BCUT2D eigenvalue weighted by Crippen LogP contribution is 2.37. The van der Waals surface area contributed by atoms with E-state index in [9.17, 15) is 9.59 Å². The predicted molar refractivity (Wildman–Crippen MR) is 99.9 cm³/mol.